The average molecular weight is 311 g/mol. The van der Waals surface area contributed by atoms with Crippen LogP contribution in [0.4, 0.5) is 10.5 Å². The maximum atomic E-state index is 12.4. The third-order valence-corrected chi connectivity index (χ3v) is 4.09. The van der Waals surface area contributed by atoms with Gasteiger partial charge >= 0.3 is 6.03 Å². The van der Waals surface area contributed by atoms with Gasteiger partial charge in [0.05, 0.1) is 11.7 Å². The molecule has 0 aliphatic heterocycles. The second kappa shape index (κ2) is 5.38. The highest BCUT2D eigenvalue weighted by Gasteiger charge is 2.35. The Labute approximate surface area is 132 Å². The molecule has 0 bridgehead atoms. The van der Waals surface area contributed by atoms with Gasteiger partial charge in [0, 0.05) is 25.6 Å². The highest BCUT2D eigenvalue weighted by atomic mass is 16.2. The fourth-order valence-electron chi connectivity index (χ4n) is 2.75. The Balaban J connectivity index is 1.53. The van der Waals surface area contributed by atoms with Crippen molar-refractivity contribution in [3.05, 3.63) is 42.9 Å². The van der Waals surface area contributed by atoms with E-state index >= 15 is 0 Å². The Hall–Kier alpha value is -2.90. The Kier molecular flexibility index (Phi) is 3.22. The predicted molar refractivity (Wildman–Crippen MR) is 83.8 cm³/mol. The number of imidazole rings is 1. The molecule has 0 aromatic carbocycles. The molecule has 0 saturated heterocycles. The summed E-state index contributed by atoms with van der Waals surface area (Å²) in [5.41, 5.74) is 1.24. The lowest BCUT2D eigenvalue weighted by atomic mass is 10.1. The molecule has 1 saturated carbocycles. The van der Waals surface area contributed by atoms with Gasteiger partial charge in [-0.3, -0.25) is 4.40 Å². The van der Waals surface area contributed by atoms with Crippen LogP contribution in [0, 0.1) is 5.92 Å². The minimum absolute atomic E-state index is 0.0763. The molecule has 1 aliphatic carbocycles. The molecule has 118 valence electrons. The number of aryl methyl sites for hydroxylation is 1. The van der Waals surface area contributed by atoms with E-state index in [1.165, 1.54) is 0 Å². The van der Waals surface area contributed by atoms with Crippen LogP contribution in [0.3, 0.4) is 0 Å². The van der Waals surface area contributed by atoms with Crippen molar-refractivity contribution in [3.63, 3.8) is 0 Å². The highest BCUT2D eigenvalue weighted by Crippen LogP contribution is 2.40. The maximum absolute atomic E-state index is 12.4. The lowest BCUT2D eigenvalue weighted by molar-refractivity contribution is 0.246. The second-order valence-corrected chi connectivity index (χ2v) is 5.79. The minimum atomic E-state index is -0.263. The normalized spacial score (nSPS) is 15.5. The summed E-state index contributed by atoms with van der Waals surface area (Å²) in [6.45, 7) is 0. The van der Waals surface area contributed by atoms with Crippen molar-refractivity contribution in [1.29, 1.82) is 0 Å². The summed E-state index contributed by atoms with van der Waals surface area (Å²) in [7, 11) is 1.94. The van der Waals surface area contributed by atoms with Crippen LogP contribution in [0.15, 0.2) is 37.1 Å². The van der Waals surface area contributed by atoms with Crippen molar-refractivity contribution in [3.8, 4) is 0 Å². The van der Waals surface area contributed by atoms with Crippen molar-refractivity contribution in [2.24, 2.45) is 13.0 Å². The number of urea groups is 1. The van der Waals surface area contributed by atoms with Crippen LogP contribution >= 0.6 is 0 Å². The molecule has 8 nitrogen and oxygen atoms in total. The van der Waals surface area contributed by atoms with Crippen molar-refractivity contribution >= 4 is 17.4 Å². The number of pyridine rings is 1. The zero-order chi connectivity index (χ0) is 15.8. The molecule has 3 aromatic heterocycles. The first-order chi connectivity index (χ1) is 11.2. The van der Waals surface area contributed by atoms with Crippen molar-refractivity contribution in [2.45, 2.75) is 18.9 Å². The molecule has 1 fully saturated rings. The van der Waals surface area contributed by atoms with Crippen molar-refractivity contribution in [1.82, 2.24) is 29.5 Å². The van der Waals surface area contributed by atoms with Crippen LogP contribution in [-0.2, 0) is 7.05 Å². The molecule has 2 amide bonds. The fourth-order valence-corrected chi connectivity index (χ4v) is 2.75. The van der Waals surface area contributed by atoms with Gasteiger partial charge in [-0.25, -0.2) is 9.78 Å². The summed E-state index contributed by atoms with van der Waals surface area (Å²) < 4.78 is 3.70. The first-order valence-corrected chi connectivity index (χ1v) is 7.55. The van der Waals surface area contributed by atoms with E-state index in [-0.39, 0.29) is 12.1 Å². The first-order valence-electron chi connectivity index (χ1n) is 7.55. The smallest absolute Gasteiger partial charge is 0.319 e. The fraction of sp³-hybridized carbons (Fsp3) is 0.333. The number of carbonyl (C=O) groups excluding carboxylic acids is 1. The van der Waals surface area contributed by atoms with Gasteiger partial charge in [-0.05, 0) is 30.9 Å². The monoisotopic (exact) mass is 311 g/mol. The number of anilines is 1. The first kappa shape index (κ1) is 13.7. The summed E-state index contributed by atoms with van der Waals surface area (Å²) in [6, 6.07) is 3.30. The Morgan fingerprint density at radius 3 is 3.00 bits per heavy atom. The van der Waals surface area contributed by atoms with Gasteiger partial charge in [0.25, 0.3) is 0 Å². The van der Waals surface area contributed by atoms with Crippen LogP contribution in [0.2, 0.25) is 0 Å². The Morgan fingerprint density at radius 2 is 2.26 bits per heavy atom. The third kappa shape index (κ3) is 2.63. The summed E-state index contributed by atoms with van der Waals surface area (Å²) in [5, 5.41) is 13.8. The van der Waals surface area contributed by atoms with Crippen LogP contribution < -0.4 is 10.6 Å². The topological polar surface area (TPSA) is 89.1 Å². The van der Waals surface area contributed by atoms with E-state index in [2.05, 4.69) is 25.8 Å². The summed E-state index contributed by atoms with van der Waals surface area (Å²) >= 11 is 0. The van der Waals surface area contributed by atoms with Gasteiger partial charge in [-0.1, -0.05) is 0 Å². The molecule has 8 heteroatoms. The van der Waals surface area contributed by atoms with E-state index in [9.17, 15) is 4.79 Å². The van der Waals surface area contributed by atoms with E-state index in [1.807, 2.05) is 30.1 Å². The van der Waals surface area contributed by atoms with Crippen molar-refractivity contribution in [2.75, 3.05) is 5.32 Å². The molecule has 3 aromatic rings. The van der Waals surface area contributed by atoms with Gasteiger partial charge in [-0.15, -0.1) is 10.2 Å². The highest BCUT2D eigenvalue weighted by molar-refractivity contribution is 5.93. The molecule has 1 atom stereocenters. The number of rotatable bonds is 4. The van der Waals surface area contributed by atoms with Crippen LogP contribution in [0.5, 0.6) is 0 Å². The van der Waals surface area contributed by atoms with Gasteiger partial charge in [0.2, 0.25) is 0 Å². The number of nitrogens with one attached hydrogen (secondary N) is 2. The molecule has 4 rings (SSSR count). The molecule has 23 heavy (non-hydrogen) atoms. The van der Waals surface area contributed by atoms with Gasteiger partial charge in [-0.2, -0.15) is 0 Å². The van der Waals surface area contributed by atoms with E-state index in [4.69, 9.17) is 0 Å². The van der Waals surface area contributed by atoms with Gasteiger partial charge < -0.3 is 15.2 Å². The van der Waals surface area contributed by atoms with Gasteiger partial charge in [0.15, 0.2) is 5.65 Å². The van der Waals surface area contributed by atoms with Gasteiger partial charge in [0.1, 0.15) is 12.2 Å². The Bertz CT molecular complexity index is 848. The van der Waals surface area contributed by atoms with E-state index in [1.54, 1.807) is 23.0 Å². The number of hydrogen-bond acceptors (Lipinski definition) is 4. The zero-order valence-electron chi connectivity index (χ0n) is 12.7. The van der Waals surface area contributed by atoms with Crippen LogP contribution in [0.25, 0.3) is 5.65 Å². The lowest BCUT2D eigenvalue weighted by Crippen LogP contribution is -2.35. The molecule has 1 aliphatic rings. The minimum Gasteiger partial charge on any atom is -0.336 e. The van der Waals surface area contributed by atoms with E-state index in [0.717, 1.165) is 18.7 Å². The maximum Gasteiger partial charge on any atom is 0.319 e. The number of fused-ring (bicyclic) bond motifs is 1. The average Bonchev–Trinajstić information content (AvgIpc) is 3.10. The molecule has 0 spiro atoms. The zero-order valence-corrected chi connectivity index (χ0v) is 12.7. The van der Waals surface area contributed by atoms with E-state index < -0.39 is 0 Å². The molecule has 0 radical (unpaired) electrons. The predicted octanol–water partition coefficient (Wildman–Crippen LogP) is 1.74. The second-order valence-electron chi connectivity index (χ2n) is 5.79. The number of hydrogen-bond donors (Lipinski definition) is 2. The number of nitrogens with zero attached hydrogens (tertiary/aromatic N) is 5. The summed E-state index contributed by atoms with van der Waals surface area (Å²) in [4.78, 5) is 16.8. The molecule has 2 N–H and O–H groups in total. The lowest BCUT2D eigenvalue weighted by Gasteiger charge is -2.18. The van der Waals surface area contributed by atoms with Crippen LogP contribution in [0.1, 0.15) is 24.7 Å². The summed E-state index contributed by atoms with van der Waals surface area (Å²) in [5.74, 6) is 1.33. The Morgan fingerprint density at radius 1 is 1.39 bits per heavy atom. The number of amides is 2. The number of carbonyl (C=O) groups is 1. The molecular weight excluding hydrogens is 294 g/mol. The quantitative estimate of drug-likeness (QED) is 0.768. The third-order valence-electron chi connectivity index (χ3n) is 4.09. The van der Waals surface area contributed by atoms with Crippen LogP contribution in [-0.4, -0.2) is 30.2 Å². The molecule has 1 unspecified atom stereocenters. The largest absolute Gasteiger partial charge is 0.336 e. The SMILES string of the molecule is Cn1ccnc1C(NC(=O)Nc1cccn2cnnc12)C1CC1. The molecular formula is C15H17N7O. The standard InChI is InChI=1S/C15H17N7O/c1-21-8-6-16-14(21)12(10-4-5-10)19-15(23)18-11-3-2-7-22-9-17-20-13(11)22/h2-3,6-10,12H,4-5H2,1H3,(H2,18,19,23). The summed E-state index contributed by atoms with van der Waals surface area (Å²) in [6.07, 6.45) is 9.29. The van der Waals surface area contributed by atoms with Crippen molar-refractivity contribution < 1.29 is 4.79 Å². The molecule has 3 heterocycles. The number of aromatic nitrogens is 5. The van der Waals surface area contributed by atoms with E-state index in [0.29, 0.717) is 17.3 Å².